The number of ketones is 1. The summed E-state index contributed by atoms with van der Waals surface area (Å²) in [4.78, 5) is 12.2. The minimum Gasteiger partial charge on any atom is -0.516 e. The smallest absolute Gasteiger partial charge is 0.156 e. The molecule has 0 saturated heterocycles. The minimum absolute atomic E-state index is 0.0204. The van der Waals surface area contributed by atoms with E-state index in [0.717, 1.165) is 43.9 Å². The molecule has 2 fully saturated rings. The molecule has 0 aliphatic heterocycles. The molecule has 0 spiro atoms. The van der Waals surface area contributed by atoms with E-state index in [-0.39, 0.29) is 16.8 Å². The summed E-state index contributed by atoms with van der Waals surface area (Å²) in [5.74, 6) is 1.69. The quantitative estimate of drug-likeness (QED) is 0.549. The van der Waals surface area contributed by atoms with Gasteiger partial charge in [0.25, 0.3) is 0 Å². The Bertz CT molecular complexity index is 1020. The summed E-state index contributed by atoms with van der Waals surface area (Å²) in [6, 6.07) is 8.63. The number of carbonyl (C=O) groups is 1. The molecular weight excluding hydrogens is 412 g/mol. The summed E-state index contributed by atoms with van der Waals surface area (Å²) in [6.07, 6.45) is 11.6. The predicted molar refractivity (Wildman–Crippen MR) is 130 cm³/mol. The van der Waals surface area contributed by atoms with Gasteiger partial charge in [0.1, 0.15) is 0 Å². The third-order valence-corrected chi connectivity index (χ3v) is 9.40. The van der Waals surface area contributed by atoms with Gasteiger partial charge in [0, 0.05) is 32.0 Å². The molecular formula is C29H36O4. The highest BCUT2D eigenvalue weighted by Gasteiger charge is 2.63. The molecule has 176 valence electrons. The van der Waals surface area contributed by atoms with Crippen molar-refractivity contribution in [3.63, 3.8) is 0 Å². The first-order chi connectivity index (χ1) is 16.0. The normalized spacial score (nSPS) is 35.9. The minimum atomic E-state index is -0.265. The summed E-state index contributed by atoms with van der Waals surface area (Å²) in [5.41, 5.74) is 6.43. The third-order valence-electron chi connectivity index (χ3n) is 9.40. The number of fused-ring (bicyclic) bond motifs is 4. The molecule has 0 bridgehead atoms. The molecule has 5 atom stereocenters. The van der Waals surface area contributed by atoms with Crippen molar-refractivity contribution in [3.8, 4) is 0 Å². The van der Waals surface area contributed by atoms with Crippen molar-refractivity contribution in [3.05, 3.63) is 64.4 Å². The first-order valence-corrected chi connectivity index (χ1v) is 12.4. The van der Waals surface area contributed by atoms with Crippen molar-refractivity contribution >= 4 is 11.9 Å². The molecule has 1 aromatic carbocycles. The van der Waals surface area contributed by atoms with Crippen LogP contribution in [0.15, 0.2) is 53.3 Å². The number of benzene rings is 1. The Hall–Kier alpha value is -2.17. The zero-order valence-electron chi connectivity index (χ0n) is 20.1. The van der Waals surface area contributed by atoms with E-state index in [9.17, 15) is 4.79 Å². The van der Waals surface area contributed by atoms with Crippen LogP contribution in [-0.2, 0) is 14.3 Å². The van der Waals surface area contributed by atoms with Crippen LogP contribution in [0.25, 0.3) is 6.08 Å². The van der Waals surface area contributed by atoms with Crippen LogP contribution in [-0.4, -0.2) is 37.3 Å². The Morgan fingerprint density at radius 1 is 1.12 bits per heavy atom. The number of allylic oxidation sites excluding steroid dienone is 4. The lowest BCUT2D eigenvalue weighted by Crippen LogP contribution is -2.54. The maximum absolute atomic E-state index is 12.2. The second kappa shape index (κ2) is 8.56. The molecule has 2 saturated carbocycles. The zero-order valence-corrected chi connectivity index (χ0v) is 20.1. The van der Waals surface area contributed by atoms with Gasteiger partial charge in [-0.25, -0.2) is 0 Å². The average molecular weight is 449 g/mol. The lowest BCUT2D eigenvalue weighted by atomic mass is 9.51. The van der Waals surface area contributed by atoms with E-state index in [1.807, 2.05) is 13.2 Å². The Labute approximate surface area is 197 Å². The van der Waals surface area contributed by atoms with E-state index in [1.54, 1.807) is 18.8 Å². The van der Waals surface area contributed by atoms with E-state index in [0.29, 0.717) is 30.8 Å². The predicted octanol–water partition coefficient (Wildman–Crippen LogP) is 6.15. The first-order valence-electron chi connectivity index (χ1n) is 12.4. The number of ether oxygens (including phenoxy) is 2. The standard InChI is InChI=1S/C29H36O4/c1-28-17-25(20-6-4-19(5-7-20)13-15-30)27-23-11-9-22(31)16-21(23)8-10-24(27)26(28)12-14-29(28,33-3)18-32-2/h4-7,13,15-16,24-26,30H,8-12,14,17-18H2,1-3H3/b15-13+/t24-,25+,26-,28-,29+/m0/s1. The van der Waals surface area contributed by atoms with E-state index in [4.69, 9.17) is 14.6 Å². The number of methoxy groups -OCH3 is 2. The van der Waals surface area contributed by atoms with Crippen molar-refractivity contribution in [2.24, 2.45) is 17.3 Å². The zero-order chi connectivity index (χ0) is 23.2. The first kappa shape index (κ1) is 22.6. The third kappa shape index (κ3) is 3.45. The van der Waals surface area contributed by atoms with Crippen LogP contribution in [0.1, 0.15) is 68.9 Å². The van der Waals surface area contributed by atoms with Crippen molar-refractivity contribution in [2.45, 2.75) is 63.4 Å². The van der Waals surface area contributed by atoms with Crippen molar-refractivity contribution in [1.82, 2.24) is 0 Å². The molecule has 1 aromatic rings. The van der Waals surface area contributed by atoms with Gasteiger partial charge in [-0.1, -0.05) is 36.8 Å². The van der Waals surface area contributed by atoms with Gasteiger partial charge >= 0.3 is 0 Å². The van der Waals surface area contributed by atoms with Gasteiger partial charge in [0.15, 0.2) is 5.78 Å². The highest BCUT2D eigenvalue weighted by Crippen LogP contribution is 2.67. The number of aliphatic hydroxyl groups is 1. The Balaban J connectivity index is 1.65. The molecule has 4 aliphatic carbocycles. The van der Waals surface area contributed by atoms with Crippen molar-refractivity contribution in [2.75, 3.05) is 20.8 Å². The van der Waals surface area contributed by atoms with Crippen molar-refractivity contribution in [1.29, 1.82) is 0 Å². The molecule has 1 N–H and O–H groups in total. The fraction of sp³-hybridized carbons (Fsp3) is 0.552. The lowest BCUT2D eigenvalue weighted by molar-refractivity contribution is -0.149. The van der Waals surface area contributed by atoms with E-state index in [2.05, 4.69) is 31.2 Å². The summed E-state index contributed by atoms with van der Waals surface area (Å²) in [7, 11) is 3.65. The monoisotopic (exact) mass is 448 g/mol. The van der Waals surface area contributed by atoms with Gasteiger partial charge in [0.2, 0.25) is 0 Å². The Morgan fingerprint density at radius 3 is 2.61 bits per heavy atom. The Morgan fingerprint density at radius 2 is 1.91 bits per heavy atom. The van der Waals surface area contributed by atoms with Gasteiger partial charge in [-0.2, -0.15) is 0 Å². The van der Waals surface area contributed by atoms with Crippen LogP contribution in [0.5, 0.6) is 0 Å². The molecule has 0 amide bonds. The van der Waals surface area contributed by atoms with E-state index in [1.165, 1.54) is 23.1 Å². The highest BCUT2D eigenvalue weighted by molar-refractivity contribution is 5.93. The molecule has 33 heavy (non-hydrogen) atoms. The fourth-order valence-corrected chi connectivity index (χ4v) is 7.83. The molecule has 4 nitrogen and oxygen atoms in total. The summed E-state index contributed by atoms with van der Waals surface area (Å²) < 4.78 is 12.1. The van der Waals surface area contributed by atoms with Crippen LogP contribution < -0.4 is 0 Å². The van der Waals surface area contributed by atoms with Crippen LogP contribution >= 0.6 is 0 Å². The summed E-state index contributed by atoms with van der Waals surface area (Å²) in [5, 5.41) is 9.17. The summed E-state index contributed by atoms with van der Waals surface area (Å²) >= 11 is 0. The lowest BCUT2D eigenvalue weighted by Gasteiger charge is -2.55. The van der Waals surface area contributed by atoms with Crippen LogP contribution in [0.3, 0.4) is 0 Å². The van der Waals surface area contributed by atoms with E-state index >= 15 is 0 Å². The SMILES string of the molecule is COC[C@]1(OC)CC[C@H]2[C@@H]3CCC4=CC(=O)CCC4=C3[C@@H](c3ccc(/C=C/O)cc3)C[C@@]21C. The van der Waals surface area contributed by atoms with Crippen LogP contribution in [0.4, 0.5) is 0 Å². The molecule has 5 rings (SSSR count). The molecule has 4 aliphatic rings. The Kier molecular flexibility index (Phi) is 5.86. The average Bonchev–Trinajstić information content (AvgIpc) is 3.11. The molecule has 0 radical (unpaired) electrons. The van der Waals surface area contributed by atoms with Crippen LogP contribution in [0.2, 0.25) is 0 Å². The number of rotatable bonds is 5. The largest absolute Gasteiger partial charge is 0.516 e. The van der Waals surface area contributed by atoms with Crippen molar-refractivity contribution < 1.29 is 19.4 Å². The summed E-state index contributed by atoms with van der Waals surface area (Å²) in [6.45, 7) is 3.07. The number of carbonyl (C=O) groups excluding carboxylic acids is 1. The second-order valence-electron chi connectivity index (χ2n) is 10.6. The number of hydrogen-bond donors (Lipinski definition) is 1. The molecule has 4 heteroatoms. The maximum atomic E-state index is 12.2. The fourth-order valence-electron chi connectivity index (χ4n) is 7.83. The van der Waals surface area contributed by atoms with Crippen LogP contribution in [0, 0.1) is 17.3 Å². The van der Waals surface area contributed by atoms with Gasteiger partial charge in [0.05, 0.1) is 18.5 Å². The molecule has 0 aromatic heterocycles. The molecule has 0 unspecified atom stereocenters. The second-order valence-corrected chi connectivity index (χ2v) is 10.6. The van der Waals surface area contributed by atoms with E-state index < -0.39 is 0 Å². The van der Waals surface area contributed by atoms with Gasteiger partial charge in [-0.3, -0.25) is 4.79 Å². The highest BCUT2D eigenvalue weighted by atomic mass is 16.5. The van der Waals surface area contributed by atoms with Gasteiger partial charge < -0.3 is 14.6 Å². The number of hydrogen-bond acceptors (Lipinski definition) is 4. The van der Waals surface area contributed by atoms with Gasteiger partial charge in [-0.15, -0.1) is 0 Å². The number of aliphatic hydroxyl groups excluding tert-OH is 1. The maximum Gasteiger partial charge on any atom is 0.156 e. The van der Waals surface area contributed by atoms with Gasteiger partial charge in [-0.05, 0) is 84.8 Å². The molecule has 0 heterocycles. The topological polar surface area (TPSA) is 55.8 Å².